The summed E-state index contributed by atoms with van der Waals surface area (Å²) in [6.45, 7) is 0. The lowest BCUT2D eigenvalue weighted by atomic mass is 9.97. The Bertz CT molecular complexity index is 3290. The third kappa shape index (κ3) is 6.23. The number of para-hydroxylation sites is 2. The van der Waals surface area contributed by atoms with Gasteiger partial charge in [0.25, 0.3) is 0 Å². The first-order valence-electron chi connectivity index (χ1n) is 20.6. The van der Waals surface area contributed by atoms with Gasteiger partial charge in [0.05, 0.1) is 28.1 Å². The van der Waals surface area contributed by atoms with Crippen LogP contribution < -0.4 is 4.90 Å². The monoisotopic (exact) mass is 764 g/mol. The first-order chi connectivity index (χ1) is 29.8. The highest BCUT2D eigenvalue weighted by molar-refractivity contribution is 6.12. The predicted octanol–water partition coefficient (Wildman–Crippen LogP) is 16.1. The number of anilines is 3. The molecule has 60 heavy (non-hydrogen) atoms. The third-order valence-corrected chi connectivity index (χ3v) is 11.8. The van der Waals surface area contributed by atoms with Crippen molar-refractivity contribution in [2.24, 2.45) is 0 Å². The van der Waals surface area contributed by atoms with Crippen LogP contribution in [0.4, 0.5) is 17.1 Å². The van der Waals surface area contributed by atoms with Crippen LogP contribution in [0.2, 0.25) is 0 Å². The Labute approximate surface area is 350 Å². The van der Waals surface area contributed by atoms with E-state index in [1.807, 2.05) is 0 Å². The van der Waals surface area contributed by atoms with Crippen molar-refractivity contribution < 1.29 is 0 Å². The van der Waals surface area contributed by atoms with Gasteiger partial charge in [-0.15, -0.1) is 0 Å². The molecule has 0 N–H and O–H groups in total. The predicted molar refractivity (Wildman–Crippen MR) is 255 cm³/mol. The summed E-state index contributed by atoms with van der Waals surface area (Å²) in [4.78, 5) is 2.46. The molecule has 0 spiro atoms. The van der Waals surface area contributed by atoms with Crippen molar-refractivity contribution in [3.63, 3.8) is 0 Å². The molecule has 0 amide bonds. The molecule has 0 saturated carbocycles. The van der Waals surface area contributed by atoms with E-state index in [0.717, 1.165) is 39.4 Å². The molecule has 11 rings (SSSR count). The van der Waals surface area contributed by atoms with Gasteiger partial charge in [-0.2, -0.15) is 0 Å². The molecule has 1 heterocycles. The van der Waals surface area contributed by atoms with Crippen LogP contribution in [-0.4, -0.2) is 4.57 Å². The van der Waals surface area contributed by atoms with Crippen molar-refractivity contribution in [2.45, 2.75) is 0 Å². The zero-order valence-electron chi connectivity index (χ0n) is 33.0. The summed E-state index contributed by atoms with van der Waals surface area (Å²) < 4.78 is 2.47. The lowest BCUT2D eigenvalue weighted by Crippen LogP contribution is -2.12. The molecule has 2 nitrogen and oxygen atoms in total. The Balaban J connectivity index is 1.16. The maximum atomic E-state index is 2.47. The fourth-order valence-electron chi connectivity index (χ4n) is 8.94. The van der Waals surface area contributed by atoms with Crippen molar-refractivity contribution >= 4 is 49.6 Å². The van der Waals surface area contributed by atoms with Gasteiger partial charge in [-0.3, -0.25) is 0 Å². The Morgan fingerprint density at radius 2 is 0.800 bits per heavy atom. The van der Waals surface area contributed by atoms with Crippen LogP contribution in [0, 0.1) is 0 Å². The molecule has 282 valence electrons. The van der Waals surface area contributed by atoms with E-state index in [9.17, 15) is 0 Å². The molecule has 0 saturated heterocycles. The van der Waals surface area contributed by atoms with E-state index in [1.54, 1.807) is 0 Å². The van der Waals surface area contributed by atoms with Gasteiger partial charge < -0.3 is 9.47 Å². The lowest BCUT2D eigenvalue weighted by Gasteiger charge is -2.29. The van der Waals surface area contributed by atoms with E-state index in [-0.39, 0.29) is 0 Å². The van der Waals surface area contributed by atoms with Crippen molar-refractivity contribution in [1.29, 1.82) is 0 Å². The standard InChI is InChI=1S/C58H40N2/c1-4-17-41(18-5-1)43-31-33-46(34-32-43)50-26-12-14-28-54(50)59(55-30-16-24-44-23-10-11-25-49(44)55)48-36-37-52-51-27-13-15-29-56(51)60(58(52)40-48)57-38-35-47(42-19-6-2-7-20-42)39-53(57)45-21-8-3-9-22-45/h1-40H. The largest absolute Gasteiger partial charge is 0.309 e. The van der Waals surface area contributed by atoms with Crippen LogP contribution in [-0.2, 0) is 0 Å². The first kappa shape index (κ1) is 35.2. The molecule has 0 atom stereocenters. The topological polar surface area (TPSA) is 8.17 Å². The van der Waals surface area contributed by atoms with Gasteiger partial charge in [0.15, 0.2) is 0 Å². The van der Waals surface area contributed by atoms with Crippen LogP contribution in [0.15, 0.2) is 243 Å². The summed E-state index contributed by atoms with van der Waals surface area (Å²) in [6, 6.07) is 88.0. The quantitative estimate of drug-likeness (QED) is 0.150. The van der Waals surface area contributed by atoms with E-state index in [2.05, 4.69) is 252 Å². The molecule has 2 heteroatoms. The zero-order valence-corrected chi connectivity index (χ0v) is 33.0. The smallest absolute Gasteiger partial charge is 0.0562 e. The van der Waals surface area contributed by atoms with Crippen molar-refractivity contribution in [3.8, 4) is 50.2 Å². The highest BCUT2D eigenvalue weighted by Gasteiger charge is 2.22. The first-order valence-corrected chi connectivity index (χ1v) is 20.6. The fourth-order valence-corrected chi connectivity index (χ4v) is 8.94. The summed E-state index contributed by atoms with van der Waals surface area (Å²) in [5.74, 6) is 0. The van der Waals surface area contributed by atoms with Gasteiger partial charge in [0.1, 0.15) is 0 Å². The summed E-state index contributed by atoms with van der Waals surface area (Å²) >= 11 is 0. The number of aromatic nitrogens is 1. The second kappa shape index (κ2) is 15.1. The molecule has 10 aromatic carbocycles. The van der Waals surface area contributed by atoms with Crippen molar-refractivity contribution in [2.75, 3.05) is 4.90 Å². The highest BCUT2D eigenvalue weighted by Crippen LogP contribution is 2.46. The minimum Gasteiger partial charge on any atom is -0.309 e. The second-order valence-electron chi connectivity index (χ2n) is 15.3. The number of fused-ring (bicyclic) bond motifs is 4. The summed E-state index contributed by atoms with van der Waals surface area (Å²) in [7, 11) is 0. The lowest BCUT2D eigenvalue weighted by molar-refractivity contribution is 1.18. The van der Waals surface area contributed by atoms with Gasteiger partial charge in [-0.1, -0.05) is 200 Å². The number of hydrogen-bond acceptors (Lipinski definition) is 1. The molecule has 0 bridgehead atoms. The van der Waals surface area contributed by atoms with E-state index in [0.29, 0.717) is 0 Å². The molecule has 0 radical (unpaired) electrons. The van der Waals surface area contributed by atoms with Crippen molar-refractivity contribution in [3.05, 3.63) is 243 Å². The zero-order chi connectivity index (χ0) is 39.8. The summed E-state index contributed by atoms with van der Waals surface area (Å²) in [6.07, 6.45) is 0. The highest BCUT2D eigenvalue weighted by atomic mass is 15.1. The normalized spacial score (nSPS) is 11.3. The van der Waals surface area contributed by atoms with Gasteiger partial charge in [0.2, 0.25) is 0 Å². The number of benzene rings is 10. The Hall–Kier alpha value is -7.94. The molecular formula is C58H40N2. The molecule has 0 aliphatic rings. The number of rotatable bonds is 8. The average molecular weight is 765 g/mol. The van der Waals surface area contributed by atoms with Gasteiger partial charge in [-0.25, -0.2) is 0 Å². The Morgan fingerprint density at radius 3 is 1.57 bits per heavy atom. The molecule has 1 aromatic heterocycles. The second-order valence-corrected chi connectivity index (χ2v) is 15.3. The van der Waals surface area contributed by atoms with Gasteiger partial charge in [0, 0.05) is 33.0 Å². The Morgan fingerprint density at radius 1 is 0.283 bits per heavy atom. The minimum absolute atomic E-state index is 1.08. The van der Waals surface area contributed by atoms with E-state index < -0.39 is 0 Å². The maximum absolute atomic E-state index is 2.47. The van der Waals surface area contributed by atoms with Crippen molar-refractivity contribution in [1.82, 2.24) is 4.57 Å². The number of nitrogens with zero attached hydrogens (tertiary/aromatic N) is 2. The maximum Gasteiger partial charge on any atom is 0.0562 e. The molecule has 0 aliphatic carbocycles. The molecule has 0 unspecified atom stereocenters. The van der Waals surface area contributed by atoms with Gasteiger partial charge in [-0.05, 0) is 81.2 Å². The van der Waals surface area contributed by atoms with E-state index in [4.69, 9.17) is 0 Å². The Kier molecular flexibility index (Phi) is 8.87. The molecular weight excluding hydrogens is 725 g/mol. The summed E-state index contributed by atoms with van der Waals surface area (Å²) in [5, 5.41) is 4.83. The van der Waals surface area contributed by atoms with Crippen LogP contribution in [0.1, 0.15) is 0 Å². The molecule has 11 aromatic rings. The van der Waals surface area contributed by atoms with Crippen LogP contribution in [0.25, 0.3) is 82.8 Å². The molecule has 0 fully saturated rings. The fraction of sp³-hybridized carbons (Fsp3) is 0. The van der Waals surface area contributed by atoms with Crippen LogP contribution >= 0.6 is 0 Å². The van der Waals surface area contributed by atoms with Crippen LogP contribution in [0.5, 0.6) is 0 Å². The van der Waals surface area contributed by atoms with Crippen LogP contribution in [0.3, 0.4) is 0 Å². The van der Waals surface area contributed by atoms with E-state index in [1.165, 1.54) is 60.4 Å². The summed E-state index contributed by atoms with van der Waals surface area (Å²) in [5.41, 5.74) is 16.3. The van der Waals surface area contributed by atoms with E-state index >= 15 is 0 Å². The average Bonchev–Trinajstić information content (AvgIpc) is 3.66. The molecule has 0 aliphatic heterocycles. The SMILES string of the molecule is c1ccc(-c2ccc(-c3ccccc3N(c3ccc4c5ccccc5n(-c5ccc(-c6ccccc6)cc5-c5ccccc5)c4c3)c3cccc4ccccc34)cc2)cc1. The minimum atomic E-state index is 1.08. The number of hydrogen-bond donors (Lipinski definition) is 0. The van der Waals surface area contributed by atoms with Gasteiger partial charge >= 0.3 is 0 Å². The third-order valence-electron chi connectivity index (χ3n) is 11.8.